The third-order valence-corrected chi connectivity index (χ3v) is 2.30. The molecule has 0 atom stereocenters. The van der Waals surface area contributed by atoms with Gasteiger partial charge in [0.2, 0.25) is 5.95 Å². The summed E-state index contributed by atoms with van der Waals surface area (Å²) in [6.45, 7) is 0. The summed E-state index contributed by atoms with van der Waals surface area (Å²) in [5, 5.41) is 3.84. The lowest BCUT2D eigenvalue weighted by atomic mass is 10.1. The summed E-state index contributed by atoms with van der Waals surface area (Å²) in [5.74, 6) is 0.486. The molecule has 0 aliphatic rings. The number of alkyl halides is 3. The molecule has 5 nitrogen and oxygen atoms in total. The number of nitrogens with one attached hydrogen (secondary N) is 1. The molecule has 0 saturated heterocycles. The first kappa shape index (κ1) is 13.8. The quantitative estimate of drug-likeness (QED) is 0.669. The van der Waals surface area contributed by atoms with Crippen LogP contribution in [0.25, 0.3) is 0 Å². The normalized spacial score (nSPS) is 11.8. The summed E-state index contributed by atoms with van der Waals surface area (Å²) in [6, 6.07) is 6.18. The number of anilines is 2. The molecule has 20 heavy (non-hydrogen) atoms. The topological polar surface area (TPSA) is 76.2 Å². The van der Waals surface area contributed by atoms with E-state index in [-0.39, 0.29) is 5.95 Å². The maximum Gasteiger partial charge on any atom is 0.416 e. The number of hydrogen-bond acceptors (Lipinski definition) is 5. The van der Waals surface area contributed by atoms with Crippen LogP contribution in [0.3, 0.4) is 0 Å². The Morgan fingerprint density at radius 3 is 2.45 bits per heavy atom. The number of nitrogens with two attached hydrogens (primary N) is 1. The number of hydrogen-bond donors (Lipinski definition) is 2. The lowest BCUT2D eigenvalue weighted by Gasteiger charge is -2.05. The molecule has 0 aliphatic heterocycles. The average Bonchev–Trinajstić information content (AvgIpc) is 2.38. The van der Waals surface area contributed by atoms with Crippen molar-refractivity contribution in [2.75, 3.05) is 11.2 Å². The molecular weight excluding hydrogens is 271 g/mol. The molecule has 0 bridgehead atoms. The molecule has 3 N–H and O–H groups in total. The van der Waals surface area contributed by atoms with Gasteiger partial charge in [-0.15, -0.1) is 0 Å². The van der Waals surface area contributed by atoms with E-state index in [1.165, 1.54) is 24.5 Å². The summed E-state index contributed by atoms with van der Waals surface area (Å²) in [6.07, 6.45) is -1.51. The van der Waals surface area contributed by atoms with Gasteiger partial charge < -0.3 is 5.73 Å². The van der Waals surface area contributed by atoms with Gasteiger partial charge in [0, 0.05) is 12.3 Å². The molecule has 0 amide bonds. The van der Waals surface area contributed by atoms with E-state index in [9.17, 15) is 13.2 Å². The Morgan fingerprint density at radius 1 is 1.15 bits per heavy atom. The van der Waals surface area contributed by atoms with Crippen molar-refractivity contribution >= 4 is 18.0 Å². The number of rotatable bonds is 3. The molecular formula is C12H10F3N5. The maximum atomic E-state index is 12.4. The van der Waals surface area contributed by atoms with Crippen LogP contribution < -0.4 is 11.2 Å². The van der Waals surface area contributed by atoms with Crippen LogP contribution in [0.1, 0.15) is 11.1 Å². The fraction of sp³-hybridized carbons (Fsp3) is 0.0833. The molecule has 2 aromatic rings. The molecule has 0 fully saturated rings. The Hall–Kier alpha value is -2.64. The van der Waals surface area contributed by atoms with Crippen LogP contribution in [-0.2, 0) is 6.18 Å². The van der Waals surface area contributed by atoms with Gasteiger partial charge in [0.25, 0.3) is 0 Å². The highest BCUT2D eigenvalue weighted by Crippen LogP contribution is 2.28. The van der Waals surface area contributed by atoms with Crippen molar-refractivity contribution in [2.45, 2.75) is 6.18 Å². The number of halogens is 3. The molecule has 0 unspecified atom stereocenters. The van der Waals surface area contributed by atoms with Gasteiger partial charge in [0.05, 0.1) is 11.8 Å². The van der Waals surface area contributed by atoms with Crippen LogP contribution in [0.15, 0.2) is 41.6 Å². The highest BCUT2D eigenvalue weighted by molar-refractivity contribution is 5.80. The monoisotopic (exact) mass is 281 g/mol. The summed E-state index contributed by atoms with van der Waals surface area (Å²) in [5.41, 5.74) is 7.79. The van der Waals surface area contributed by atoms with Crippen molar-refractivity contribution in [3.8, 4) is 0 Å². The van der Waals surface area contributed by atoms with Crippen molar-refractivity contribution in [3.63, 3.8) is 0 Å². The third-order valence-electron chi connectivity index (χ3n) is 2.30. The second-order valence-corrected chi connectivity index (χ2v) is 3.79. The molecule has 0 aliphatic carbocycles. The fourth-order valence-electron chi connectivity index (χ4n) is 1.37. The van der Waals surface area contributed by atoms with E-state index in [2.05, 4.69) is 20.5 Å². The lowest BCUT2D eigenvalue weighted by Crippen LogP contribution is -2.04. The molecule has 0 saturated carbocycles. The molecule has 0 spiro atoms. The van der Waals surface area contributed by atoms with Crippen LogP contribution in [-0.4, -0.2) is 16.2 Å². The van der Waals surface area contributed by atoms with E-state index in [0.717, 1.165) is 12.1 Å². The van der Waals surface area contributed by atoms with Gasteiger partial charge >= 0.3 is 6.18 Å². The van der Waals surface area contributed by atoms with Gasteiger partial charge in [-0.25, -0.2) is 4.98 Å². The highest BCUT2D eigenvalue weighted by Gasteiger charge is 2.29. The summed E-state index contributed by atoms with van der Waals surface area (Å²) < 4.78 is 37.1. The van der Waals surface area contributed by atoms with E-state index in [4.69, 9.17) is 5.73 Å². The Balaban J connectivity index is 2.01. The van der Waals surface area contributed by atoms with Gasteiger partial charge in [-0.1, -0.05) is 12.1 Å². The molecule has 1 aromatic heterocycles. The van der Waals surface area contributed by atoms with Gasteiger partial charge in [-0.2, -0.15) is 23.3 Å². The van der Waals surface area contributed by atoms with Crippen LogP contribution >= 0.6 is 0 Å². The van der Waals surface area contributed by atoms with Crippen molar-refractivity contribution in [3.05, 3.63) is 47.7 Å². The largest absolute Gasteiger partial charge is 0.416 e. The molecule has 8 heteroatoms. The molecule has 1 aromatic carbocycles. The summed E-state index contributed by atoms with van der Waals surface area (Å²) >= 11 is 0. The number of benzene rings is 1. The van der Waals surface area contributed by atoms with E-state index in [0.29, 0.717) is 11.4 Å². The minimum Gasteiger partial charge on any atom is -0.368 e. The van der Waals surface area contributed by atoms with Crippen molar-refractivity contribution in [1.82, 2.24) is 9.97 Å². The number of nitrogens with zero attached hydrogens (tertiary/aromatic N) is 3. The zero-order chi connectivity index (χ0) is 14.6. The second-order valence-electron chi connectivity index (χ2n) is 3.79. The molecule has 2 rings (SSSR count). The van der Waals surface area contributed by atoms with Gasteiger partial charge in [-0.3, -0.25) is 5.43 Å². The SMILES string of the molecule is Nc1nccc(N/N=C\c2ccc(C(F)(F)F)cc2)n1. The first-order valence-corrected chi connectivity index (χ1v) is 5.50. The van der Waals surface area contributed by atoms with Gasteiger partial charge in [-0.05, 0) is 17.7 Å². The zero-order valence-corrected chi connectivity index (χ0v) is 10.1. The number of hydrazone groups is 1. The predicted octanol–water partition coefficient (Wildman–Crippen LogP) is 2.52. The molecule has 104 valence electrons. The smallest absolute Gasteiger partial charge is 0.368 e. The first-order valence-electron chi connectivity index (χ1n) is 5.50. The van der Waals surface area contributed by atoms with E-state index < -0.39 is 11.7 Å². The minimum absolute atomic E-state index is 0.0970. The highest BCUT2D eigenvalue weighted by atomic mass is 19.4. The molecule has 0 radical (unpaired) electrons. The maximum absolute atomic E-state index is 12.4. The zero-order valence-electron chi connectivity index (χ0n) is 10.1. The second kappa shape index (κ2) is 5.55. The van der Waals surface area contributed by atoms with Gasteiger partial charge in [0.15, 0.2) is 5.82 Å². The van der Waals surface area contributed by atoms with Crippen molar-refractivity contribution in [2.24, 2.45) is 5.10 Å². The van der Waals surface area contributed by atoms with Crippen LogP contribution in [0.5, 0.6) is 0 Å². The average molecular weight is 281 g/mol. The van der Waals surface area contributed by atoms with E-state index in [1.807, 2.05) is 0 Å². The van der Waals surface area contributed by atoms with Crippen molar-refractivity contribution < 1.29 is 13.2 Å². The van der Waals surface area contributed by atoms with Crippen LogP contribution in [0, 0.1) is 0 Å². The minimum atomic E-state index is -4.34. The Morgan fingerprint density at radius 2 is 1.85 bits per heavy atom. The first-order chi connectivity index (χ1) is 9.45. The lowest BCUT2D eigenvalue weighted by molar-refractivity contribution is -0.137. The van der Waals surface area contributed by atoms with Crippen LogP contribution in [0.4, 0.5) is 24.9 Å². The van der Waals surface area contributed by atoms with E-state index >= 15 is 0 Å². The predicted molar refractivity (Wildman–Crippen MR) is 69.1 cm³/mol. The van der Waals surface area contributed by atoms with Crippen LogP contribution in [0.2, 0.25) is 0 Å². The number of aromatic nitrogens is 2. The number of nitrogen functional groups attached to an aromatic ring is 1. The summed E-state index contributed by atoms with van der Waals surface area (Å²) in [4.78, 5) is 7.55. The Bertz CT molecular complexity index is 607. The third kappa shape index (κ3) is 3.67. The van der Waals surface area contributed by atoms with Crippen molar-refractivity contribution in [1.29, 1.82) is 0 Å². The Kier molecular flexibility index (Phi) is 3.83. The van der Waals surface area contributed by atoms with Gasteiger partial charge in [0.1, 0.15) is 0 Å². The standard InChI is InChI=1S/C12H10F3N5/c13-12(14,15)9-3-1-8(2-4-9)7-18-20-10-5-6-17-11(16)19-10/h1-7H,(H3,16,17,19,20)/b18-7-. The Labute approximate surface area is 112 Å². The fourth-order valence-corrected chi connectivity index (χ4v) is 1.37. The van der Waals surface area contributed by atoms with E-state index in [1.54, 1.807) is 6.07 Å². The summed E-state index contributed by atoms with van der Waals surface area (Å²) in [7, 11) is 0. The molecule has 1 heterocycles.